The second-order valence-corrected chi connectivity index (χ2v) is 5.12. The Bertz CT molecular complexity index is 316. The lowest BCUT2D eigenvalue weighted by Crippen LogP contribution is -2.46. The van der Waals surface area contributed by atoms with Gasteiger partial charge in [-0.2, -0.15) is 5.10 Å². The molecule has 1 unspecified atom stereocenters. The van der Waals surface area contributed by atoms with Gasteiger partial charge in [-0.05, 0) is 39.3 Å². The summed E-state index contributed by atoms with van der Waals surface area (Å²) in [5.74, 6) is 0. The summed E-state index contributed by atoms with van der Waals surface area (Å²) in [6.07, 6.45) is 6.07. The van der Waals surface area contributed by atoms with Gasteiger partial charge in [-0.15, -0.1) is 0 Å². The topological polar surface area (TPSA) is 41.3 Å². The Hall–Kier alpha value is -0.870. The fraction of sp³-hybridized carbons (Fsp3) is 0.750. The van der Waals surface area contributed by atoms with Gasteiger partial charge >= 0.3 is 0 Å². The van der Waals surface area contributed by atoms with Gasteiger partial charge in [0.05, 0.1) is 12.1 Å². The molecule has 0 spiro atoms. The molecular formula is C12H21N3O. The fourth-order valence-electron chi connectivity index (χ4n) is 2.56. The second-order valence-electron chi connectivity index (χ2n) is 5.12. The molecule has 0 bridgehead atoms. The summed E-state index contributed by atoms with van der Waals surface area (Å²) < 4.78 is 1.94. The minimum absolute atomic E-state index is 0.295. The van der Waals surface area contributed by atoms with Crippen molar-refractivity contribution in [2.75, 3.05) is 13.1 Å². The molecule has 90 valence electrons. The molecule has 2 rings (SSSR count). The first kappa shape index (κ1) is 11.6. The van der Waals surface area contributed by atoms with E-state index in [1.807, 2.05) is 30.8 Å². The van der Waals surface area contributed by atoms with Crippen molar-refractivity contribution in [2.45, 2.75) is 44.9 Å². The quantitative estimate of drug-likeness (QED) is 0.831. The Morgan fingerprint density at radius 3 is 2.88 bits per heavy atom. The Morgan fingerprint density at radius 2 is 2.25 bits per heavy atom. The third kappa shape index (κ3) is 2.62. The minimum Gasteiger partial charge on any atom is -0.389 e. The molecule has 2 heterocycles. The number of aliphatic hydroxyl groups is 1. The van der Waals surface area contributed by atoms with Crippen LogP contribution < -0.4 is 0 Å². The van der Waals surface area contributed by atoms with Gasteiger partial charge in [0.1, 0.15) is 0 Å². The normalized spacial score (nSPS) is 22.8. The van der Waals surface area contributed by atoms with Crippen molar-refractivity contribution in [3.8, 4) is 0 Å². The van der Waals surface area contributed by atoms with Crippen molar-refractivity contribution in [3.63, 3.8) is 0 Å². The average Bonchev–Trinajstić information content (AvgIpc) is 2.85. The molecule has 0 saturated carbocycles. The Morgan fingerprint density at radius 1 is 1.44 bits per heavy atom. The van der Waals surface area contributed by atoms with E-state index in [1.165, 1.54) is 6.42 Å². The molecule has 1 N–H and O–H groups in total. The van der Waals surface area contributed by atoms with Crippen molar-refractivity contribution in [1.82, 2.24) is 14.7 Å². The lowest BCUT2D eigenvalue weighted by molar-refractivity contribution is -0.00350. The molecule has 4 heteroatoms. The second kappa shape index (κ2) is 4.55. The molecule has 1 fully saturated rings. The molecule has 1 aliphatic heterocycles. The van der Waals surface area contributed by atoms with Gasteiger partial charge in [0.25, 0.3) is 0 Å². The number of hydrogen-bond acceptors (Lipinski definition) is 3. The Balaban J connectivity index is 1.89. The maximum atomic E-state index is 10.1. The molecule has 0 aromatic carbocycles. The van der Waals surface area contributed by atoms with Crippen LogP contribution >= 0.6 is 0 Å². The van der Waals surface area contributed by atoms with E-state index < -0.39 is 5.60 Å². The third-order valence-electron chi connectivity index (χ3n) is 3.35. The van der Waals surface area contributed by atoms with Gasteiger partial charge in [-0.1, -0.05) is 0 Å². The highest BCUT2D eigenvalue weighted by Gasteiger charge is 2.35. The maximum absolute atomic E-state index is 10.1. The zero-order chi connectivity index (χ0) is 11.6. The van der Waals surface area contributed by atoms with Gasteiger partial charge in [0.2, 0.25) is 0 Å². The summed E-state index contributed by atoms with van der Waals surface area (Å²) >= 11 is 0. The van der Waals surface area contributed by atoms with Crippen LogP contribution in [0.4, 0.5) is 0 Å². The van der Waals surface area contributed by atoms with Crippen molar-refractivity contribution < 1.29 is 5.11 Å². The predicted octanol–water partition coefficient (Wildman–Crippen LogP) is 1.12. The number of nitrogens with zero attached hydrogens (tertiary/aromatic N) is 3. The van der Waals surface area contributed by atoms with Crippen molar-refractivity contribution in [2.24, 2.45) is 0 Å². The molecule has 0 amide bonds. The van der Waals surface area contributed by atoms with Crippen molar-refractivity contribution >= 4 is 0 Å². The van der Waals surface area contributed by atoms with Crippen LogP contribution in [-0.4, -0.2) is 44.5 Å². The zero-order valence-corrected chi connectivity index (χ0v) is 10.1. The van der Waals surface area contributed by atoms with E-state index in [0.717, 1.165) is 26.1 Å². The molecule has 0 aliphatic carbocycles. The zero-order valence-electron chi connectivity index (χ0n) is 10.1. The third-order valence-corrected chi connectivity index (χ3v) is 3.35. The fourth-order valence-corrected chi connectivity index (χ4v) is 2.56. The lowest BCUT2D eigenvalue weighted by Gasteiger charge is -2.33. The molecule has 1 aromatic rings. The van der Waals surface area contributed by atoms with Gasteiger partial charge in [0, 0.05) is 25.0 Å². The summed E-state index contributed by atoms with van der Waals surface area (Å²) in [4.78, 5) is 2.38. The molecule has 1 saturated heterocycles. The smallest absolute Gasteiger partial charge is 0.0746 e. The van der Waals surface area contributed by atoms with E-state index in [1.54, 1.807) is 6.20 Å². The number of rotatable bonds is 4. The largest absolute Gasteiger partial charge is 0.389 e. The summed E-state index contributed by atoms with van der Waals surface area (Å²) in [5.41, 5.74) is -0.597. The first-order chi connectivity index (χ1) is 7.57. The summed E-state index contributed by atoms with van der Waals surface area (Å²) in [6, 6.07) is 2.24. The minimum atomic E-state index is -0.597. The Labute approximate surface area is 96.9 Å². The highest BCUT2D eigenvalue weighted by molar-refractivity contribution is 4.90. The highest BCUT2D eigenvalue weighted by Crippen LogP contribution is 2.26. The number of hydrogen-bond donors (Lipinski definition) is 1. The molecular weight excluding hydrogens is 202 g/mol. The van der Waals surface area contributed by atoms with Gasteiger partial charge in [-0.3, -0.25) is 9.58 Å². The van der Waals surface area contributed by atoms with Crippen LogP contribution in [0.2, 0.25) is 0 Å². The molecule has 1 aliphatic rings. The average molecular weight is 223 g/mol. The van der Waals surface area contributed by atoms with Gasteiger partial charge in [0.15, 0.2) is 0 Å². The van der Waals surface area contributed by atoms with Crippen LogP contribution in [0.3, 0.4) is 0 Å². The molecule has 0 radical (unpaired) electrons. The van der Waals surface area contributed by atoms with Crippen LogP contribution in [0.5, 0.6) is 0 Å². The van der Waals surface area contributed by atoms with Gasteiger partial charge < -0.3 is 5.11 Å². The van der Waals surface area contributed by atoms with E-state index in [9.17, 15) is 5.11 Å². The molecule has 1 atom stereocenters. The van der Waals surface area contributed by atoms with Gasteiger partial charge in [-0.25, -0.2) is 0 Å². The number of likely N-dealkylation sites (tertiary alicyclic amines) is 1. The van der Waals surface area contributed by atoms with Crippen molar-refractivity contribution in [3.05, 3.63) is 18.5 Å². The van der Waals surface area contributed by atoms with E-state index in [4.69, 9.17) is 0 Å². The van der Waals surface area contributed by atoms with Crippen LogP contribution in [0.15, 0.2) is 18.5 Å². The maximum Gasteiger partial charge on any atom is 0.0746 e. The SMILES string of the molecule is CC(C)(O)C1CCCN1CCn1cccn1. The van der Waals surface area contributed by atoms with Crippen LogP contribution in [0.1, 0.15) is 26.7 Å². The number of aromatic nitrogens is 2. The van der Waals surface area contributed by atoms with E-state index in [2.05, 4.69) is 10.00 Å². The van der Waals surface area contributed by atoms with Crippen molar-refractivity contribution in [1.29, 1.82) is 0 Å². The Kier molecular flexibility index (Phi) is 3.30. The van der Waals surface area contributed by atoms with Crippen LogP contribution in [0.25, 0.3) is 0 Å². The van der Waals surface area contributed by atoms with Crippen LogP contribution in [-0.2, 0) is 6.54 Å². The van der Waals surface area contributed by atoms with E-state index in [-0.39, 0.29) is 0 Å². The first-order valence-electron chi connectivity index (χ1n) is 6.01. The van der Waals surface area contributed by atoms with E-state index >= 15 is 0 Å². The highest BCUT2D eigenvalue weighted by atomic mass is 16.3. The monoisotopic (exact) mass is 223 g/mol. The predicted molar refractivity (Wildman–Crippen MR) is 63.1 cm³/mol. The summed E-state index contributed by atoms with van der Waals surface area (Å²) in [6.45, 7) is 6.78. The standard InChI is InChI=1S/C12H21N3O/c1-12(2,16)11-5-3-7-14(11)9-10-15-8-4-6-13-15/h4,6,8,11,16H,3,5,7,9-10H2,1-2H3. The summed E-state index contributed by atoms with van der Waals surface area (Å²) in [5, 5.41) is 14.3. The lowest BCUT2D eigenvalue weighted by atomic mass is 9.97. The first-order valence-corrected chi connectivity index (χ1v) is 6.01. The molecule has 4 nitrogen and oxygen atoms in total. The molecule has 16 heavy (non-hydrogen) atoms. The van der Waals surface area contributed by atoms with Crippen LogP contribution in [0, 0.1) is 0 Å². The van der Waals surface area contributed by atoms with E-state index in [0.29, 0.717) is 6.04 Å². The molecule has 1 aromatic heterocycles. The summed E-state index contributed by atoms with van der Waals surface area (Å²) in [7, 11) is 0.